The highest BCUT2D eigenvalue weighted by Gasteiger charge is 2.08. The van der Waals surface area contributed by atoms with Crippen molar-refractivity contribution in [2.24, 2.45) is 0 Å². The fourth-order valence-corrected chi connectivity index (χ4v) is 1.90. The summed E-state index contributed by atoms with van der Waals surface area (Å²) < 4.78 is 28.2. The zero-order valence-corrected chi connectivity index (χ0v) is 10.6. The molecule has 5 nitrogen and oxygen atoms in total. The van der Waals surface area contributed by atoms with E-state index < -0.39 is 11.6 Å². The molecule has 0 saturated carbocycles. The normalized spacial score (nSPS) is 10.8. The molecule has 0 aliphatic rings. The maximum absolute atomic E-state index is 13.2. The average molecular weight is 275 g/mol. The smallest absolute Gasteiger partial charge is 0.180 e. The number of nitrogens with zero attached hydrogens (tertiary/aromatic N) is 3. The van der Waals surface area contributed by atoms with Crippen LogP contribution in [0.1, 0.15) is 0 Å². The monoisotopic (exact) mass is 275 g/mol. The minimum Gasteiger partial charge on any atom is -0.372 e. The Hall–Kier alpha value is -2.70. The summed E-state index contributed by atoms with van der Waals surface area (Å²) in [5, 5.41) is 5.78. The molecule has 0 saturated heterocycles. The van der Waals surface area contributed by atoms with Gasteiger partial charge in [-0.1, -0.05) is 0 Å². The molecule has 2 N–H and O–H groups in total. The maximum Gasteiger partial charge on any atom is 0.180 e. The first-order valence-electron chi connectivity index (χ1n) is 5.90. The Morgan fingerprint density at radius 2 is 1.90 bits per heavy atom. The van der Waals surface area contributed by atoms with E-state index in [0.29, 0.717) is 17.3 Å². The van der Waals surface area contributed by atoms with Crippen molar-refractivity contribution >= 4 is 23.0 Å². The van der Waals surface area contributed by atoms with E-state index in [1.165, 1.54) is 12.1 Å². The summed E-state index contributed by atoms with van der Waals surface area (Å²) in [7, 11) is 1.73. The summed E-state index contributed by atoms with van der Waals surface area (Å²) in [5.41, 5.74) is 0.835. The number of aromatic nitrogens is 3. The maximum atomic E-state index is 13.2. The van der Waals surface area contributed by atoms with Gasteiger partial charge in [0.05, 0.1) is 6.20 Å². The van der Waals surface area contributed by atoms with E-state index in [9.17, 15) is 8.78 Å². The number of imidazole rings is 1. The van der Waals surface area contributed by atoms with Crippen LogP contribution in [0, 0.1) is 11.6 Å². The van der Waals surface area contributed by atoms with E-state index in [1.807, 2.05) is 0 Å². The van der Waals surface area contributed by atoms with Gasteiger partial charge in [-0.15, -0.1) is 0 Å². The van der Waals surface area contributed by atoms with E-state index in [4.69, 9.17) is 0 Å². The highest BCUT2D eigenvalue weighted by Crippen LogP contribution is 2.22. The van der Waals surface area contributed by atoms with Crippen molar-refractivity contribution in [3.8, 4) is 0 Å². The summed E-state index contributed by atoms with van der Waals surface area (Å²) in [6, 6.07) is 3.19. The standard InChI is InChI=1S/C13H11F2N5/c1-16-11-7-20-3-2-17-13(20)12(19-11)18-10-5-8(14)4-9(15)6-10/h2-7,16H,1H3,(H,18,19). The molecule has 7 heteroatoms. The molecular formula is C13H11F2N5. The van der Waals surface area contributed by atoms with Crippen LogP contribution in [0.5, 0.6) is 0 Å². The molecule has 2 heterocycles. The number of halogens is 2. The third-order valence-electron chi connectivity index (χ3n) is 2.76. The fourth-order valence-electron chi connectivity index (χ4n) is 1.90. The Labute approximate surface area is 113 Å². The van der Waals surface area contributed by atoms with Crippen molar-refractivity contribution < 1.29 is 8.78 Å². The third kappa shape index (κ3) is 2.25. The van der Waals surface area contributed by atoms with Crippen LogP contribution in [-0.4, -0.2) is 21.4 Å². The van der Waals surface area contributed by atoms with E-state index >= 15 is 0 Å². The molecule has 3 aromatic rings. The molecule has 102 valence electrons. The topological polar surface area (TPSA) is 54.2 Å². The quantitative estimate of drug-likeness (QED) is 0.771. The number of nitrogens with one attached hydrogen (secondary N) is 2. The predicted octanol–water partition coefficient (Wildman–Crippen LogP) is 2.79. The predicted molar refractivity (Wildman–Crippen MR) is 72.2 cm³/mol. The molecule has 2 aromatic heterocycles. The lowest BCUT2D eigenvalue weighted by Crippen LogP contribution is -2.02. The van der Waals surface area contributed by atoms with E-state index in [0.717, 1.165) is 6.07 Å². The lowest BCUT2D eigenvalue weighted by atomic mass is 10.3. The van der Waals surface area contributed by atoms with E-state index in [2.05, 4.69) is 20.6 Å². The van der Waals surface area contributed by atoms with Gasteiger partial charge >= 0.3 is 0 Å². The van der Waals surface area contributed by atoms with Gasteiger partial charge in [0.25, 0.3) is 0 Å². The Kier molecular flexibility index (Phi) is 2.94. The summed E-state index contributed by atoms with van der Waals surface area (Å²) in [6.07, 6.45) is 5.14. The van der Waals surface area contributed by atoms with Crippen LogP contribution in [0.4, 0.5) is 26.1 Å². The first kappa shape index (κ1) is 12.3. The number of hydrogen-bond donors (Lipinski definition) is 2. The summed E-state index contributed by atoms with van der Waals surface area (Å²) in [5.74, 6) is -0.296. The lowest BCUT2D eigenvalue weighted by Gasteiger charge is -2.09. The molecule has 3 rings (SSSR count). The summed E-state index contributed by atoms with van der Waals surface area (Å²) >= 11 is 0. The first-order valence-corrected chi connectivity index (χ1v) is 5.90. The van der Waals surface area contributed by atoms with Crippen molar-refractivity contribution in [3.63, 3.8) is 0 Å². The van der Waals surface area contributed by atoms with Crippen LogP contribution >= 0.6 is 0 Å². The molecule has 0 amide bonds. The van der Waals surface area contributed by atoms with Crippen molar-refractivity contribution in [1.29, 1.82) is 0 Å². The fraction of sp³-hybridized carbons (Fsp3) is 0.0769. The molecule has 0 fully saturated rings. The minimum atomic E-state index is -0.656. The van der Waals surface area contributed by atoms with Crippen LogP contribution in [0.2, 0.25) is 0 Å². The molecule has 0 atom stereocenters. The van der Waals surface area contributed by atoms with Crippen LogP contribution in [0.25, 0.3) is 5.65 Å². The van der Waals surface area contributed by atoms with Crippen LogP contribution in [0.3, 0.4) is 0 Å². The van der Waals surface area contributed by atoms with Crippen molar-refractivity contribution in [2.45, 2.75) is 0 Å². The van der Waals surface area contributed by atoms with Gasteiger partial charge in [-0.2, -0.15) is 0 Å². The molecule has 0 spiro atoms. The number of anilines is 3. The van der Waals surface area contributed by atoms with Crippen LogP contribution in [0.15, 0.2) is 36.8 Å². The van der Waals surface area contributed by atoms with Crippen LogP contribution in [-0.2, 0) is 0 Å². The molecule has 20 heavy (non-hydrogen) atoms. The molecule has 0 radical (unpaired) electrons. The average Bonchev–Trinajstić information content (AvgIpc) is 2.85. The Bertz CT molecular complexity index is 748. The second-order valence-electron chi connectivity index (χ2n) is 4.17. The van der Waals surface area contributed by atoms with Gasteiger partial charge in [0.1, 0.15) is 17.5 Å². The molecule has 0 aliphatic heterocycles. The number of hydrogen-bond acceptors (Lipinski definition) is 4. The second-order valence-corrected chi connectivity index (χ2v) is 4.17. The van der Waals surface area contributed by atoms with Crippen LogP contribution < -0.4 is 10.6 Å². The zero-order valence-electron chi connectivity index (χ0n) is 10.6. The number of rotatable bonds is 3. The highest BCUT2D eigenvalue weighted by atomic mass is 19.1. The molecule has 0 aliphatic carbocycles. The van der Waals surface area contributed by atoms with Gasteiger partial charge in [0.15, 0.2) is 11.5 Å². The second kappa shape index (κ2) is 4.76. The summed E-state index contributed by atoms with van der Waals surface area (Å²) in [6.45, 7) is 0. The lowest BCUT2D eigenvalue weighted by molar-refractivity contribution is 0.584. The number of benzene rings is 1. The molecular weight excluding hydrogens is 264 g/mol. The van der Waals surface area contributed by atoms with E-state index in [-0.39, 0.29) is 5.69 Å². The Morgan fingerprint density at radius 3 is 2.60 bits per heavy atom. The first-order chi connectivity index (χ1) is 9.65. The van der Waals surface area contributed by atoms with Crippen molar-refractivity contribution in [1.82, 2.24) is 14.4 Å². The van der Waals surface area contributed by atoms with Gasteiger partial charge in [0.2, 0.25) is 0 Å². The van der Waals surface area contributed by atoms with Gasteiger partial charge in [-0.3, -0.25) is 0 Å². The highest BCUT2D eigenvalue weighted by molar-refractivity contribution is 5.71. The minimum absolute atomic E-state index is 0.271. The largest absolute Gasteiger partial charge is 0.372 e. The van der Waals surface area contributed by atoms with Gasteiger partial charge < -0.3 is 15.0 Å². The van der Waals surface area contributed by atoms with Crippen molar-refractivity contribution in [3.05, 3.63) is 48.4 Å². The third-order valence-corrected chi connectivity index (χ3v) is 2.76. The van der Waals surface area contributed by atoms with Gasteiger partial charge in [-0.25, -0.2) is 18.7 Å². The molecule has 0 bridgehead atoms. The number of fused-ring (bicyclic) bond motifs is 1. The van der Waals surface area contributed by atoms with Crippen molar-refractivity contribution in [2.75, 3.05) is 17.7 Å². The summed E-state index contributed by atoms with van der Waals surface area (Å²) in [4.78, 5) is 8.45. The van der Waals surface area contributed by atoms with Gasteiger partial charge in [0, 0.05) is 31.2 Å². The molecule has 1 aromatic carbocycles. The van der Waals surface area contributed by atoms with E-state index in [1.54, 1.807) is 30.0 Å². The molecule has 0 unspecified atom stereocenters. The Balaban J connectivity index is 2.07. The SMILES string of the molecule is CNc1cn2ccnc2c(Nc2cc(F)cc(F)c2)n1. The Morgan fingerprint density at radius 1 is 1.15 bits per heavy atom. The zero-order chi connectivity index (χ0) is 14.1. The van der Waals surface area contributed by atoms with Gasteiger partial charge in [-0.05, 0) is 12.1 Å².